The van der Waals surface area contributed by atoms with Crippen molar-refractivity contribution >= 4 is 11.7 Å². The lowest BCUT2D eigenvalue weighted by Crippen LogP contribution is -2.34. The first-order chi connectivity index (χ1) is 13.3. The van der Waals surface area contributed by atoms with E-state index < -0.39 is 16.9 Å². The molecule has 0 saturated heterocycles. The Morgan fingerprint density at radius 1 is 1.21 bits per heavy atom. The van der Waals surface area contributed by atoms with E-state index in [2.05, 4.69) is 0 Å². The van der Waals surface area contributed by atoms with Crippen LogP contribution in [-0.2, 0) is 22.6 Å². The van der Waals surface area contributed by atoms with E-state index in [1.807, 2.05) is 6.92 Å². The summed E-state index contributed by atoms with van der Waals surface area (Å²) < 4.78 is 16.0. The maximum atomic E-state index is 11.7. The van der Waals surface area contributed by atoms with Crippen LogP contribution >= 0.6 is 0 Å². The number of methoxy groups -OCH3 is 1. The van der Waals surface area contributed by atoms with Gasteiger partial charge in [-0.05, 0) is 49.6 Å². The Hall–Kier alpha value is -3.13. The summed E-state index contributed by atoms with van der Waals surface area (Å²) in [5.74, 6) is 0.288. The number of nitro groups is 1. The van der Waals surface area contributed by atoms with Crippen LogP contribution in [-0.4, -0.2) is 30.7 Å². The molecule has 2 aromatic carbocycles. The van der Waals surface area contributed by atoms with Crippen molar-refractivity contribution in [3.8, 4) is 11.5 Å². The second-order valence-electron chi connectivity index (χ2n) is 6.23. The number of carbonyl (C=O) groups excluding carboxylic acids is 1. The number of nitrogens with zero attached hydrogens (tertiary/aromatic N) is 1. The van der Waals surface area contributed by atoms with Crippen LogP contribution in [0.1, 0.15) is 23.6 Å². The minimum atomic E-state index is -0.778. The highest BCUT2D eigenvalue weighted by Gasteiger charge is 2.18. The Morgan fingerprint density at radius 3 is 2.61 bits per heavy atom. The molecule has 0 saturated carbocycles. The van der Waals surface area contributed by atoms with E-state index in [0.29, 0.717) is 17.7 Å². The minimum Gasteiger partial charge on any atom is -0.496 e. The zero-order valence-corrected chi connectivity index (χ0v) is 16.1. The van der Waals surface area contributed by atoms with Gasteiger partial charge in [-0.3, -0.25) is 14.9 Å². The molecule has 8 nitrogen and oxygen atoms in total. The van der Waals surface area contributed by atoms with Crippen molar-refractivity contribution in [1.82, 2.24) is 0 Å². The van der Waals surface area contributed by atoms with Gasteiger partial charge in [0.15, 0.2) is 5.75 Å². The lowest BCUT2D eigenvalue weighted by atomic mass is 10.0. The van der Waals surface area contributed by atoms with Crippen LogP contribution in [0.25, 0.3) is 0 Å². The lowest BCUT2D eigenvalue weighted by molar-refractivity contribution is -0.386. The smallest absolute Gasteiger partial charge is 0.323 e. The number of ether oxygens (including phenoxy) is 3. The van der Waals surface area contributed by atoms with Gasteiger partial charge < -0.3 is 19.9 Å². The van der Waals surface area contributed by atoms with Crippen LogP contribution in [0.15, 0.2) is 36.4 Å². The van der Waals surface area contributed by atoms with E-state index in [4.69, 9.17) is 19.9 Å². The molecule has 1 unspecified atom stereocenters. The molecule has 0 aliphatic carbocycles. The molecule has 0 heterocycles. The average Bonchev–Trinajstić information content (AvgIpc) is 2.66. The number of aryl methyl sites for hydroxylation is 1. The maximum absolute atomic E-state index is 11.7. The Balaban J connectivity index is 2.20. The molecular weight excluding hydrogens is 364 g/mol. The Kier molecular flexibility index (Phi) is 7.34. The Labute approximate surface area is 163 Å². The monoisotopic (exact) mass is 388 g/mol. The van der Waals surface area contributed by atoms with Gasteiger partial charge in [-0.15, -0.1) is 0 Å². The number of hydrogen-bond acceptors (Lipinski definition) is 7. The first kappa shape index (κ1) is 21.2. The SMILES string of the molecule is CCOC(=O)C(N)Cc1ccc(OC)c(COc2cc(C)ccc2[N+](=O)[O-])c1. The van der Waals surface area contributed by atoms with Crippen molar-refractivity contribution in [2.45, 2.75) is 32.9 Å². The number of rotatable bonds is 9. The predicted octanol–water partition coefficient (Wildman–Crippen LogP) is 2.92. The lowest BCUT2D eigenvalue weighted by Gasteiger charge is -2.14. The van der Waals surface area contributed by atoms with Crippen molar-refractivity contribution in [1.29, 1.82) is 0 Å². The van der Waals surface area contributed by atoms with Crippen molar-refractivity contribution < 1.29 is 23.9 Å². The van der Waals surface area contributed by atoms with Crippen molar-refractivity contribution in [3.63, 3.8) is 0 Å². The van der Waals surface area contributed by atoms with E-state index in [9.17, 15) is 14.9 Å². The molecule has 8 heteroatoms. The first-order valence-electron chi connectivity index (χ1n) is 8.81. The molecule has 0 amide bonds. The number of hydrogen-bond donors (Lipinski definition) is 1. The highest BCUT2D eigenvalue weighted by atomic mass is 16.6. The summed E-state index contributed by atoms with van der Waals surface area (Å²) in [6.45, 7) is 3.88. The van der Waals surface area contributed by atoms with Gasteiger partial charge in [0, 0.05) is 11.6 Å². The zero-order valence-electron chi connectivity index (χ0n) is 16.1. The van der Waals surface area contributed by atoms with Crippen molar-refractivity contribution in [2.24, 2.45) is 5.73 Å². The molecule has 2 aromatic rings. The van der Waals surface area contributed by atoms with Gasteiger partial charge in [-0.25, -0.2) is 0 Å². The van der Waals surface area contributed by atoms with Crippen molar-refractivity contribution in [3.05, 3.63) is 63.2 Å². The molecule has 0 aromatic heterocycles. The van der Waals surface area contributed by atoms with Gasteiger partial charge in [0.05, 0.1) is 18.6 Å². The molecule has 1 atom stereocenters. The Morgan fingerprint density at radius 2 is 1.96 bits per heavy atom. The van der Waals surface area contributed by atoms with Crippen molar-refractivity contribution in [2.75, 3.05) is 13.7 Å². The van der Waals surface area contributed by atoms with E-state index in [0.717, 1.165) is 11.1 Å². The summed E-state index contributed by atoms with van der Waals surface area (Å²) in [5, 5.41) is 11.2. The molecule has 2 N–H and O–H groups in total. The second kappa shape index (κ2) is 9.70. The van der Waals surface area contributed by atoms with E-state index in [1.54, 1.807) is 37.3 Å². The van der Waals surface area contributed by atoms with Gasteiger partial charge in [-0.1, -0.05) is 12.1 Å². The van der Waals surface area contributed by atoms with Gasteiger partial charge in [-0.2, -0.15) is 0 Å². The zero-order chi connectivity index (χ0) is 20.7. The first-order valence-corrected chi connectivity index (χ1v) is 8.81. The molecule has 0 fully saturated rings. The standard InChI is InChI=1S/C20H24N2O6/c1-4-27-20(23)16(21)11-14-6-8-18(26-3)15(10-14)12-28-19-9-13(2)5-7-17(19)22(24)25/h5-10,16H,4,11-12,21H2,1-3H3. The summed E-state index contributed by atoms with van der Waals surface area (Å²) >= 11 is 0. The van der Waals surface area contributed by atoms with Gasteiger partial charge in [0.2, 0.25) is 0 Å². The summed E-state index contributed by atoms with van der Waals surface area (Å²) in [7, 11) is 1.53. The third-order valence-corrected chi connectivity index (χ3v) is 4.08. The predicted molar refractivity (Wildman–Crippen MR) is 103 cm³/mol. The molecule has 2 rings (SSSR count). The molecule has 0 spiro atoms. The van der Waals surface area contributed by atoms with Crippen LogP contribution in [0.3, 0.4) is 0 Å². The van der Waals surface area contributed by atoms with Crippen LogP contribution in [0.5, 0.6) is 11.5 Å². The average molecular weight is 388 g/mol. The quantitative estimate of drug-likeness (QED) is 0.399. The number of nitro benzene ring substituents is 1. The molecule has 0 bridgehead atoms. The number of esters is 1. The van der Waals surface area contributed by atoms with Crippen LogP contribution in [0.2, 0.25) is 0 Å². The highest BCUT2D eigenvalue weighted by Crippen LogP contribution is 2.30. The molecular formula is C20H24N2O6. The third-order valence-electron chi connectivity index (χ3n) is 4.08. The minimum absolute atomic E-state index is 0.0654. The van der Waals surface area contributed by atoms with E-state index in [1.165, 1.54) is 13.2 Å². The highest BCUT2D eigenvalue weighted by molar-refractivity contribution is 5.75. The number of benzene rings is 2. The van der Waals surface area contributed by atoms with Gasteiger partial charge in [0.25, 0.3) is 0 Å². The third kappa shape index (κ3) is 5.43. The molecule has 0 aliphatic heterocycles. The largest absolute Gasteiger partial charge is 0.496 e. The van der Waals surface area contributed by atoms with E-state index >= 15 is 0 Å². The fraction of sp³-hybridized carbons (Fsp3) is 0.350. The fourth-order valence-electron chi connectivity index (χ4n) is 2.70. The van der Waals surface area contributed by atoms with Crippen LogP contribution in [0.4, 0.5) is 5.69 Å². The number of nitrogens with two attached hydrogens (primary N) is 1. The Bertz CT molecular complexity index is 853. The topological polar surface area (TPSA) is 114 Å². The van der Waals surface area contributed by atoms with Crippen LogP contribution < -0.4 is 15.2 Å². The maximum Gasteiger partial charge on any atom is 0.323 e. The molecule has 150 valence electrons. The summed E-state index contributed by atoms with van der Waals surface area (Å²) in [4.78, 5) is 22.5. The van der Waals surface area contributed by atoms with E-state index in [-0.39, 0.29) is 24.7 Å². The molecule has 0 radical (unpaired) electrons. The van der Waals surface area contributed by atoms with Gasteiger partial charge >= 0.3 is 11.7 Å². The normalized spacial score (nSPS) is 11.6. The molecule has 28 heavy (non-hydrogen) atoms. The summed E-state index contributed by atoms with van der Waals surface area (Å²) in [6, 6.07) is 9.26. The van der Waals surface area contributed by atoms with Crippen LogP contribution in [0, 0.1) is 17.0 Å². The van der Waals surface area contributed by atoms with Gasteiger partial charge in [0.1, 0.15) is 18.4 Å². The summed E-state index contributed by atoms with van der Waals surface area (Å²) in [6.07, 6.45) is 0.292. The second-order valence-corrected chi connectivity index (χ2v) is 6.23. The fourth-order valence-corrected chi connectivity index (χ4v) is 2.70. The summed E-state index contributed by atoms with van der Waals surface area (Å²) in [5.41, 5.74) is 8.11. The number of carbonyl (C=O) groups is 1. The molecule has 0 aliphatic rings.